The molecule has 0 fully saturated rings. The predicted octanol–water partition coefficient (Wildman–Crippen LogP) is 5.34. The van der Waals surface area contributed by atoms with Crippen molar-refractivity contribution in [3.8, 4) is 34.5 Å². The maximum atomic E-state index is 13.7. The first-order valence-corrected chi connectivity index (χ1v) is 16.4. The first-order valence-electron chi connectivity index (χ1n) is 16.4. The summed E-state index contributed by atoms with van der Waals surface area (Å²) < 4.78 is 45.2. The van der Waals surface area contributed by atoms with Gasteiger partial charge in [-0.1, -0.05) is 12.1 Å². The molecule has 1 N–H and O–H groups in total. The van der Waals surface area contributed by atoms with Crippen LogP contribution in [0.25, 0.3) is 11.0 Å². The molecule has 1 aliphatic rings. The number of esters is 1. The normalized spacial score (nSPS) is 14.7. The monoisotopic (exact) mass is 713 g/mol. The average molecular weight is 714 g/mol. The lowest BCUT2D eigenvalue weighted by Gasteiger charge is -2.38. The SMILES string of the molecule is COC(=O)C[C@H](c1oc(CN2CCc3cc(OC)c(OC)cc3[C@H]2c2cc(OC)c(OC)c(OC)c2)cc(=O)c1O)c1coc2ccccc2c1=O. The van der Waals surface area contributed by atoms with Gasteiger partial charge in [0.2, 0.25) is 16.9 Å². The van der Waals surface area contributed by atoms with Crippen LogP contribution in [0.5, 0.6) is 34.5 Å². The molecular weight excluding hydrogens is 674 g/mol. The number of aromatic hydroxyl groups is 1. The second-order valence-electron chi connectivity index (χ2n) is 12.1. The molecule has 13 nitrogen and oxygen atoms in total. The Balaban J connectivity index is 1.50. The molecule has 5 aromatic rings. The van der Waals surface area contributed by atoms with E-state index in [-0.39, 0.29) is 29.0 Å². The Labute approximate surface area is 298 Å². The molecule has 0 saturated heterocycles. The Kier molecular flexibility index (Phi) is 10.4. The highest BCUT2D eigenvalue weighted by molar-refractivity contribution is 5.77. The third kappa shape index (κ3) is 6.62. The molecule has 1 aliphatic heterocycles. The molecule has 0 amide bonds. The fourth-order valence-electron chi connectivity index (χ4n) is 6.81. The molecule has 52 heavy (non-hydrogen) atoms. The molecule has 2 aromatic heterocycles. The van der Waals surface area contributed by atoms with E-state index in [9.17, 15) is 19.5 Å². The van der Waals surface area contributed by atoms with Gasteiger partial charge in [-0.2, -0.15) is 0 Å². The highest BCUT2D eigenvalue weighted by Crippen LogP contribution is 2.46. The second kappa shape index (κ2) is 15.1. The van der Waals surface area contributed by atoms with Gasteiger partial charge in [0.15, 0.2) is 34.2 Å². The Morgan fingerprint density at radius 1 is 0.885 bits per heavy atom. The van der Waals surface area contributed by atoms with Crippen molar-refractivity contribution in [2.45, 2.75) is 31.3 Å². The van der Waals surface area contributed by atoms with Crippen LogP contribution in [0.3, 0.4) is 0 Å². The number of para-hydroxylation sites is 1. The van der Waals surface area contributed by atoms with Crippen LogP contribution in [0, 0.1) is 0 Å². The summed E-state index contributed by atoms with van der Waals surface area (Å²) in [5.41, 5.74) is 1.86. The van der Waals surface area contributed by atoms with Crippen LogP contribution in [0.1, 0.15) is 52.2 Å². The standard InChI is InChI=1S/C39H39NO12/c1-45-30-13-21-11-12-40(35(25(21)17-31(30)46-2)22-14-32(47-3)39(50-6)33(15-22)48-4)19-23-16-28(41)37(44)38(52-23)26(18-34(42)49-5)27-20-51-29-10-8-7-9-24(29)36(27)43/h7-10,13-17,20,26,35,44H,11-12,18-19H2,1-6H3/t26-,35+/m0/s1. The van der Waals surface area contributed by atoms with Crippen LogP contribution in [0.4, 0.5) is 0 Å². The quantitative estimate of drug-likeness (QED) is 0.166. The summed E-state index contributed by atoms with van der Waals surface area (Å²) in [4.78, 5) is 41.9. The van der Waals surface area contributed by atoms with Crippen LogP contribution >= 0.6 is 0 Å². The molecule has 0 unspecified atom stereocenters. The number of benzene rings is 3. The molecule has 13 heteroatoms. The summed E-state index contributed by atoms with van der Waals surface area (Å²) in [5.74, 6) is -0.274. The molecule has 0 spiro atoms. The van der Waals surface area contributed by atoms with E-state index >= 15 is 0 Å². The Morgan fingerprint density at radius 2 is 1.56 bits per heavy atom. The van der Waals surface area contributed by atoms with Gasteiger partial charge in [0.1, 0.15) is 11.3 Å². The minimum atomic E-state index is -1.20. The number of fused-ring (bicyclic) bond motifs is 2. The summed E-state index contributed by atoms with van der Waals surface area (Å²) in [5, 5.41) is 11.4. The first-order chi connectivity index (χ1) is 25.1. The van der Waals surface area contributed by atoms with Crippen molar-refractivity contribution in [3.05, 3.63) is 115 Å². The number of ether oxygens (including phenoxy) is 6. The minimum absolute atomic E-state index is 0.0166. The minimum Gasteiger partial charge on any atom is -0.502 e. The summed E-state index contributed by atoms with van der Waals surface area (Å²) in [6.45, 7) is 0.582. The molecule has 0 aliphatic carbocycles. The van der Waals surface area contributed by atoms with E-state index in [1.54, 1.807) is 38.5 Å². The van der Waals surface area contributed by atoms with E-state index in [1.165, 1.54) is 40.8 Å². The molecule has 3 aromatic carbocycles. The Hall–Kier alpha value is -5.95. The van der Waals surface area contributed by atoms with Gasteiger partial charge in [-0.3, -0.25) is 19.3 Å². The van der Waals surface area contributed by atoms with Crippen LogP contribution < -0.4 is 34.5 Å². The van der Waals surface area contributed by atoms with Crippen LogP contribution in [0.2, 0.25) is 0 Å². The largest absolute Gasteiger partial charge is 0.502 e. The molecule has 0 radical (unpaired) electrons. The van der Waals surface area contributed by atoms with Crippen LogP contribution in [-0.4, -0.2) is 65.2 Å². The van der Waals surface area contributed by atoms with Crippen LogP contribution in [-0.2, 0) is 22.5 Å². The number of carbonyl (C=O) groups is 1. The molecule has 0 bridgehead atoms. The summed E-state index contributed by atoms with van der Waals surface area (Å²) in [7, 11) is 8.95. The topological polar surface area (TPSA) is 156 Å². The lowest BCUT2D eigenvalue weighted by Crippen LogP contribution is -2.36. The van der Waals surface area contributed by atoms with Crippen molar-refractivity contribution in [2.24, 2.45) is 0 Å². The first kappa shape index (κ1) is 35.9. The van der Waals surface area contributed by atoms with E-state index in [0.29, 0.717) is 47.3 Å². The van der Waals surface area contributed by atoms with Crippen molar-refractivity contribution in [3.63, 3.8) is 0 Å². The molecule has 6 rings (SSSR count). The maximum absolute atomic E-state index is 13.7. The third-order valence-electron chi connectivity index (χ3n) is 9.33. The Morgan fingerprint density at radius 3 is 2.21 bits per heavy atom. The molecule has 0 saturated carbocycles. The Bertz CT molecular complexity index is 2210. The summed E-state index contributed by atoms with van der Waals surface area (Å²) >= 11 is 0. The van der Waals surface area contributed by atoms with E-state index in [4.69, 9.17) is 37.3 Å². The van der Waals surface area contributed by atoms with Crippen molar-refractivity contribution < 1.29 is 47.2 Å². The maximum Gasteiger partial charge on any atom is 0.306 e. The number of rotatable bonds is 12. The zero-order chi connectivity index (χ0) is 37.1. The zero-order valence-corrected chi connectivity index (χ0v) is 29.6. The molecule has 3 heterocycles. The summed E-state index contributed by atoms with van der Waals surface area (Å²) in [6.07, 6.45) is 1.41. The van der Waals surface area contributed by atoms with Gasteiger partial charge in [0.05, 0.1) is 79.2 Å². The number of hydrogen-bond acceptors (Lipinski definition) is 13. The highest BCUT2D eigenvalue weighted by Gasteiger charge is 2.34. The number of hydrogen-bond donors (Lipinski definition) is 1. The lowest BCUT2D eigenvalue weighted by molar-refractivity contribution is -0.141. The zero-order valence-electron chi connectivity index (χ0n) is 29.6. The van der Waals surface area contributed by atoms with Gasteiger partial charge in [0.25, 0.3) is 0 Å². The van der Waals surface area contributed by atoms with Crippen molar-refractivity contribution in [1.29, 1.82) is 0 Å². The fraction of sp³-hybridized carbons (Fsp3) is 0.308. The highest BCUT2D eigenvalue weighted by atomic mass is 16.5. The average Bonchev–Trinajstić information content (AvgIpc) is 3.17. The molecule has 272 valence electrons. The van der Waals surface area contributed by atoms with Gasteiger partial charge >= 0.3 is 5.97 Å². The number of nitrogens with zero attached hydrogens (tertiary/aromatic N) is 1. The van der Waals surface area contributed by atoms with Gasteiger partial charge in [-0.25, -0.2) is 0 Å². The van der Waals surface area contributed by atoms with Gasteiger partial charge in [-0.05, 0) is 59.5 Å². The van der Waals surface area contributed by atoms with E-state index in [0.717, 1.165) is 16.7 Å². The summed E-state index contributed by atoms with van der Waals surface area (Å²) in [6, 6.07) is 15.0. The van der Waals surface area contributed by atoms with E-state index in [1.807, 2.05) is 24.3 Å². The van der Waals surface area contributed by atoms with Crippen LogP contribution in [0.15, 0.2) is 79.3 Å². The van der Waals surface area contributed by atoms with Gasteiger partial charge < -0.3 is 42.4 Å². The van der Waals surface area contributed by atoms with Crippen molar-refractivity contribution >= 4 is 16.9 Å². The predicted molar refractivity (Wildman–Crippen MR) is 189 cm³/mol. The smallest absolute Gasteiger partial charge is 0.306 e. The lowest BCUT2D eigenvalue weighted by atomic mass is 9.87. The van der Waals surface area contributed by atoms with Gasteiger partial charge in [-0.15, -0.1) is 0 Å². The number of carbonyl (C=O) groups excluding carboxylic acids is 1. The van der Waals surface area contributed by atoms with Crippen molar-refractivity contribution in [1.82, 2.24) is 4.90 Å². The third-order valence-corrected chi connectivity index (χ3v) is 9.33. The van der Waals surface area contributed by atoms with E-state index in [2.05, 4.69) is 4.90 Å². The molecular formula is C39H39NO12. The number of methoxy groups -OCH3 is 6. The van der Waals surface area contributed by atoms with E-state index < -0.39 is 41.0 Å². The second-order valence-corrected chi connectivity index (χ2v) is 12.1. The fourth-order valence-corrected chi connectivity index (χ4v) is 6.81. The van der Waals surface area contributed by atoms with Crippen molar-refractivity contribution in [2.75, 3.05) is 49.2 Å². The molecule has 2 atom stereocenters. The van der Waals surface area contributed by atoms with Gasteiger partial charge in [0, 0.05) is 18.2 Å².